The van der Waals surface area contributed by atoms with Crippen LogP contribution in [0.1, 0.15) is 27.2 Å². The summed E-state index contributed by atoms with van der Waals surface area (Å²) in [7, 11) is -1.10. The van der Waals surface area contributed by atoms with Crippen molar-refractivity contribution in [3.8, 4) is 0 Å². The Labute approximate surface area is 82.3 Å². The Morgan fingerprint density at radius 3 is 2.00 bits per heavy atom. The Hall–Kier alpha value is 0.487. The van der Waals surface area contributed by atoms with Gasteiger partial charge >= 0.3 is 0 Å². The molecule has 0 saturated heterocycles. The standard InChI is InChI=1S/C8H20O2SSi/c1-4-7-12(11)8(9-5-2)10-6-3/h8,11-12H,4-7H2,1-3H3. The Balaban J connectivity index is 3.72. The summed E-state index contributed by atoms with van der Waals surface area (Å²) in [6, 6.07) is 1.17. The number of hydrogen-bond acceptors (Lipinski definition) is 3. The zero-order chi connectivity index (χ0) is 9.40. The van der Waals surface area contributed by atoms with Crippen molar-refractivity contribution in [1.29, 1.82) is 0 Å². The van der Waals surface area contributed by atoms with Crippen molar-refractivity contribution in [2.75, 3.05) is 13.2 Å². The molecule has 0 aliphatic rings. The molecule has 0 rings (SSSR count). The fourth-order valence-corrected chi connectivity index (χ4v) is 4.01. The molecule has 4 heteroatoms. The van der Waals surface area contributed by atoms with E-state index in [1.54, 1.807) is 0 Å². The molecule has 0 aliphatic carbocycles. The van der Waals surface area contributed by atoms with Gasteiger partial charge in [-0.15, -0.1) is 0 Å². The van der Waals surface area contributed by atoms with Crippen LogP contribution in [0.5, 0.6) is 0 Å². The fraction of sp³-hybridized carbons (Fsp3) is 1.00. The summed E-state index contributed by atoms with van der Waals surface area (Å²) in [6.07, 6.45) is 1.18. The molecule has 0 bridgehead atoms. The van der Waals surface area contributed by atoms with Gasteiger partial charge in [-0.1, -0.05) is 13.3 Å². The van der Waals surface area contributed by atoms with Gasteiger partial charge in [0.25, 0.3) is 0 Å². The molecule has 2 nitrogen and oxygen atoms in total. The van der Waals surface area contributed by atoms with E-state index >= 15 is 0 Å². The van der Waals surface area contributed by atoms with Gasteiger partial charge < -0.3 is 9.47 Å². The molecule has 0 saturated carbocycles. The van der Waals surface area contributed by atoms with Crippen LogP contribution in [-0.4, -0.2) is 27.1 Å². The van der Waals surface area contributed by atoms with Crippen molar-refractivity contribution in [2.24, 2.45) is 0 Å². The Bertz CT molecular complexity index is 97.1. The van der Waals surface area contributed by atoms with E-state index in [1.807, 2.05) is 13.8 Å². The highest BCUT2D eigenvalue weighted by atomic mass is 32.3. The van der Waals surface area contributed by atoms with Gasteiger partial charge in [-0.05, 0) is 19.9 Å². The van der Waals surface area contributed by atoms with Crippen LogP contribution in [0.25, 0.3) is 0 Å². The van der Waals surface area contributed by atoms with Crippen LogP contribution in [0.2, 0.25) is 6.04 Å². The quantitative estimate of drug-likeness (QED) is 0.392. The normalized spacial score (nSPS) is 13.8. The molecule has 0 fully saturated rings. The van der Waals surface area contributed by atoms with Gasteiger partial charge in [-0.3, -0.25) is 0 Å². The minimum Gasteiger partial charge on any atom is -0.356 e. The Morgan fingerprint density at radius 1 is 1.17 bits per heavy atom. The summed E-state index contributed by atoms with van der Waals surface area (Å²) in [5.41, 5.74) is 0. The van der Waals surface area contributed by atoms with Gasteiger partial charge in [0.2, 0.25) is 0 Å². The van der Waals surface area contributed by atoms with Crippen molar-refractivity contribution in [2.45, 2.75) is 39.1 Å². The molecular formula is C8H20O2SSi. The van der Waals surface area contributed by atoms with E-state index in [9.17, 15) is 0 Å². The lowest BCUT2D eigenvalue weighted by molar-refractivity contribution is -0.0836. The highest BCUT2D eigenvalue weighted by Crippen LogP contribution is 2.10. The SMILES string of the molecule is CCC[SiH](S)C(OCC)OCC. The van der Waals surface area contributed by atoms with Gasteiger partial charge in [-0.25, -0.2) is 0 Å². The van der Waals surface area contributed by atoms with Crippen molar-refractivity contribution in [3.63, 3.8) is 0 Å². The van der Waals surface area contributed by atoms with Crippen LogP contribution in [0, 0.1) is 0 Å². The number of rotatable bonds is 7. The molecule has 1 unspecified atom stereocenters. The number of hydrogen-bond donors (Lipinski definition) is 1. The average Bonchev–Trinajstić information content (AvgIpc) is 2.04. The van der Waals surface area contributed by atoms with Crippen LogP contribution in [-0.2, 0) is 9.47 Å². The maximum Gasteiger partial charge on any atom is 0.162 e. The molecule has 0 N–H and O–H groups in total. The van der Waals surface area contributed by atoms with E-state index in [1.165, 1.54) is 12.5 Å². The van der Waals surface area contributed by atoms with Crippen LogP contribution in [0.4, 0.5) is 0 Å². The zero-order valence-corrected chi connectivity index (χ0v) is 10.3. The average molecular weight is 208 g/mol. The summed E-state index contributed by atoms with van der Waals surface area (Å²) < 4.78 is 10.9. The maximum atomic E-state index is 5.46. The second-order valence-electron chi connectivity index (χ2n) is 2.64. The first-order valence-corrected chi connectivity index (χ1v) is 8.22. The summed E-state index contributed by atoms with van der Waals surface area (Å²) >= 11 is 4.56. The summed E-state index contributed by atoms with van der Waals surface area (Å²) in [6.45, 7) is 7.60. The van der Waals surface area contributed by atoms with E-state index in [4.69, 9.17) is 9.47 Å². The molecular weight excluding hydrogens is 188 g/mol. The summed E-state index contributed by atoms with van der Waals surface area (Å²) in [5.74, 6) is 0.00304. The minimum atomic E-state index is -1.10. The maximum absolute atomic E-state index is 5.46. The van der Waals surface area contributed by atoms with Crippen LogP contribution < -0.4 is 0 Å². The second kappa shape index (κ2) is 8.10. The molecule has 12 heavy (non-hydrogen) atoms. The molecule has 0 amide bonds. The lowest BCUT2D eigenvalue weighted by atomic mass is 10.6. The van der Waals surface area contributed by atoms with E-state index in [0.717, 1.165) is 13.2 Å². The first-order valence-electron chi connectivity index (χ1n) is 4.67. The third kappa shape index (κ3) is 5.19. The summed E-state index contributed by atoms with van der Waals surface area (Å²) in [5, 5.41) is 0. The molecule has 0 heterocycles. The van der Waals surface area contributed by atoms with E-state index in [2.05, 4.69) is 19.0 Å². The fourth-order valence-electron chi connectivity index (χ4n) is 1.03. The minimum absolute atomic E-state index is 0.00304. The van der Waals surface area contributed by atoms with E-state index in [-0.39, 0.29) is 5.91 Å². The zero-order valence-electron chi connectivity index (χ0n) is 8.25. The first kappa shape index (κ1) is 12.5. The predicted octanol–water partition coefficient (Wildman–Crippen LogP) is 1.99. The molecule has 0 aromatic carbocycles. The molecule has 1 atom stereocenters. The summed E-state index contributed by atoms with van der Waals surface area (Å²) in [4.78, 5) is 0. The molecule has 0 aromatic heterocycles. The smallest absolute Gasteiger partial charge is 0.162 e. The van der Waals surface area contributed by atoms with Crippen LogP contribution >= 0.6 is 12.1 Å². The van der Waals surface area contributed by atoms with Crippen molar-refractivity contribution in [3.05, 3.63) is 0 Å². The van der Waals surface area contributed by atoms with Gasteiger partial charge in [0, 0.05) is 13.2 Å². The van der Waals surface area contributed by atoms with Crippen LogP contribution in [0.15, 0.2) is 0 Å². The van der Waals surface area contributed by atoms with Crippen molar-refractivity contribution in [1.82, 2.24) is 0 Å². The van der Waals surface area contributed by atoms with E-state index in [0.29, 0.717) is 0 Å². The Morgan fingerprint density at radius 2 is 1.67 bits per heavy atom. The van der Waals surface area contributed by atoms with Gasteiger partial charge in [-0.2, -0.15) is 12.1 Å². The highest BCUT2D eigenvalue weighted by molar-refractivity contribution is 8.10. The Kier molecular flexibility index (Phi) is 8.43. The third-order valence-corrected chi connectivity index (χ3v) is 5.25. The van der Waals surface area contributed by atoms with E-state index < -0.39 is 7.95 Å². The lowest BCUT2D eigenvalue weighted by Crippen LogP contribution is -2.31. The monoisotopic (exact) mass is 208 g/mol. The van der Waals surface area contributed by atoms with Crippen molar-refractivity contribution < 1.29 is 9.47 Å². The largest absolute Gasteiger partial charge is 0.356 e. The third-order valence-electron chi connectivity index (χ3n) is 1.56. The predicted molar refractivity (Wildman–Crippen MR) is 58.3 cm³/mol. The van der Waals surface area contributed by atoms with Gasteiger partial charge in [0.15, 0.2) is 7.95 Å². The highest BCUT2D eigenvalue weighted by Gasteiger charge is 2.19. The van der Waals surface area contributed by atoms with Crippen molar-refractivity contribution >= 4 is 20.0 Å². The molecule has 0 aliphatic heterocycles. The molecule has 74 valence electrons. The lowest BCUT2D eigenvalue weighted by Gasteiger charge is -2.21. The van der Waals surface area contributed by atoms with Gasteiger partial charge in [0.05, 0.1) is 0 Å². The number of thiol groups is 1. The molecule has 0 spiro atoms. The number of ether oxygens (including phenoxy) is 2. The van der Waals surface area contributed by atoms with Crippen LogP contribution in [0.3, 0.4) is 0 Å². The van der Waals surface area contributed by atoms with Gasteiger partial charge in [0.1, 0.15) is 5.91 Å². The second-order valence-corrected chi connectivity index (χ2v) is 6.88. The molecule has 0 radical (unpaired) electrons. The first-order chi connectivity index (χ1) is 5.76. The molecule has 0 aromatic rings. The topological polar surface area (TPSA) is 18.5 Å².